The van der Waals surface area contributed by atoms with Gasteiger partial charge in [-0.25, -0.2) is 13.2 Å². The highest BCUT2D eigenvalue weighted by Crippen LogP contribution is 2.23. The number of hydrogen-bond donors (Lipinski definition) is 2. The third kappa shape index (κ3) is 4.94. The van der Waals surface area contributed by atoms with Gasteiger partial charge in [-0.3, -0.25) is 9.52 Å². The molecule has 0 fully saturated rings. The lowest BCUT2D eigenvalue weighted by atomic mass is 10.1. The van der Waals surface area contributed by atoms with Gasteiger partial charge in [-0.1, -0.05) is 17.7 Å². The second kappa shape index (κ2) is 8.64. The molecule has 0 aliphatic heterocycles. The van der Waals surface area contributed by atoms with E-state index in [0.717, 1.165) is 11.3 Å². The number of benzene rings is 2. The van der Waals surface area contributed by atoms with Crippen LogP contribution >= 0.6 is 22.9 Å². The van der Waals surface area contributed by atoms with Crippen LogP contribution in [0.15, 0.2) is 64.2 Å². The first-order chi connectivity index (χ1) is 13.8. The zero-order valence-electron chi connectivity index (χ0n) is 15.0. The number of halogens is 1. The molecule has 1 aromatic heterocycles. The quantitative estimate of drug-likeness (QED) is 0.547. The van der Waals surface area contributed by atoms with Crippen molar-refractivity contribution in [2.24, 2.45) is 0 Å². The van der Waals surface area contributed by atoms with E-state index >= 15 is 0 Å². The summed E-state index contributed by atoms with van der Waals surface area (Å²) in [6, 6.07) is 13.5. The normalized spacial score (nSPS) is 11.0. The summed E-state index contributed by atoms with van der Waals surface area (Å²) < 4.78 is 31.8. The molecule has 10 heteroatoms. The van der Waals surface area contributed by atoms with Gasteiger partial charge in [-0.15, -0.1) is 11.3 Å². The average Bonchev–Trinajstić information content (AvgIpc) is 3.25. The van der Waals surface area contributed by atoms with E-state index < -0.39 is 21.9 Å². The molecule has 0 spiro atoms. The summed E-state index contributed by atoms with van der Waals surface area (Å²) in [4.78, 5) is 24.1. The first kappa shape index (κ1) is 20.8. The van der Waals surface area contributed by atoms with Crippen molar-refractivity contribution in [2.45, 2.75) is 4.21 Å². The molecule has 29 heavy (non-hydrogen) atoms. The Bertz CT molecular complexity index is 1140. The molecule has 0 saturated carbocycles. The summed E-state index contributed by atoms with van der Waals surface area (Å²) in [5.41, 5.74) is 1.13. The Labute approximate surface area is 176 Å². The van der Waals surface area contributed by atoms with Crippen molar-refractivity contribution in [3.63, 3.8) is 0 Å². The van der Waals surface area contributed by atoms with E-state index in [4.69, 9.17) is 11.6 Å². The van der Waals surface area contributed by atoms with Crippen LogP contribution in [0.3, 0.4) is 0 Å². The molecule has 0 aliphatic carbocycles. The van der Waals surface area contributed by atoms with E-state index in [9.17, 15) is 18.0 Å². The van der Waals surface area contributed by atoms with Gasteiger partial charge in [-0.2, -0.15) is 0 Å². The van der Waals surface area contributed by atoms with E-state index in [1.165, 1.54) is 49.6 Å². The number of hydrogen-bond acceptors (Lipinski definition) is 6. The fourth-order valence-corrected chi connectivity index (χ4v) is 4.63. The molecule has 3 aromatic rings. The van der Waals surface area contributed by atoms with Gasteiger partial charge in [0.25, 0.3) is 15.9 Å². The van der Waals surface area contributed by atoms with Gasteiger partial charge < -0.3 is 10.1 Å². The number of methoxy groups -OCH3 is 1. The lowest BCUT2D eigenvalue weighted by Gasteiger charge is -2.09. The van der Waals surface area contributed by atoms with Crippen LogP contribution in [0.5, 0.6) is 0 Å². The first-order valence-electron chi connectivity index (χ1n) is 8.16. The number of rotatable bonds is 6. The topological polar surface area (TPSA) is 102 Å². The molecule has 7 nitrogen and oxygen atoms in total. The number of carbonyl (C=O) groups is 2. The fourth-order valence-electron chi connectivity index (χ4n) is 2.38. The summed E-state index contributed by atoms with van der Waals surface area (Å²) in [5.74, 6) is -1.05. The smallest absolute Gasteiger partial charge is 0.339 e. The maximum Gasteiger partial charge on any atom is 0.339 e. The molecule has 0 atom stereocenters. The molecule has 0 unspecified atom stereocenters. The van der Waals surface area contributed by atoms with Gasteiger partial charge in [-0.05, 0) is 53.9 Å². The number of sulfonamides is 1. The first-order valence-corrected chi connectivity index (χ1v) is 10.9. The number of carbonyl (C=O) groups excluding carboxylic acids is 2. The molecular formula is C19H15ClN2O5S2. The summed E-state index contributed by atoms with van der Waals surface area (Å²) in [7, 11) is -2.43. The Morgan fingerprint density at radius 3 is 2.34 bits per heavy atom. The number of thiophene rings is 1. The van der Waals surface area contributed by atoms with Crippen LogP contribution in [-0.2, 0) is 14.8 Å². The third-order valence-corrected chi connectivity index (χ3v) is 6.90. The van der Waals surface area contributed by atoms with Crippen LogP contribution in [0, 0.1) is 0 Å². The van der Waals surface area contributed by atoms with Gasteiger partial charge in [0.1, 0.15) is 4.21 Å². The van der Waals surface area contributed by atoms with Crippen molar-refractivity contribution in [1.82, 2.24) is 0 Å². The predicted octanol–water partition coefficient (Wildman–Crippen LogP) is 4.24. The lowest BCUT2D eigenvalue weighted by Crippen LogP contribution is -2.14. The van der Waals surface area contributed by atoms with Crippen molar-refractivity contribution in [3.05, 3.63) is 76.1 Å². The highest BCUT2D eigenvalue weighted by Gasteiger charge is 2.16. The van der Waals surface area contributed by atoms with Crippen LogP contribution in [-0.4, -0.2) is 27.4 Å². The van der Waals surface area contributed by atoms with Crippen molar-refractivity contribution in [2.75, 3.05) is 17.1 Å². The Morgan fingerprint density at radius 1 is 1.03 bits per heavy atom. The van der Waals surface area contributed by atoms with Crippen molar-refractivity contribution in [1.29, 1.82) is 0 Å². The number of esters is 1. The molecule has 1 heterocycles. The van der Waals surface area contributed by atoms with Gasteiger partial charge in [0.05, 0.1) is 17.7 Å². The van der Waals surface area contributed by atoms with Gasteiger partial charge >= 0.3 is 5.97 Å². The van der Waals surface area contributed by atoms with Crippen molar-refractivity contribution < 1.29 is 22.7 Å². The zero-order chi connectivity index (χ0) is 21.0. The summed E-state index contributed by atoms with van der Waals surface area (Å²) in [6.45, 7) is 0. The van der Waals surface area contributed by atoms with Gasteiger partial charge in [0, 0.05) is 16.9 Å². The molecule has 0 bridgehead atoms. The predicted molar refractivity (Wildman–Crippen MR) is 112 cm³/mol. The Hall–Kier alpha value is -2.88. The van der Waals surface area contributed by atoms with Crippen LogP contribution < -0.4 is 10.0 Å². The maximum atomic E-state index is 12.4. The fraction of sp³-hybridized carbons (Fsp3) is 0.0526. The lowest BCUT2D eigenvalue weighted by molar-refractivity contribution is 0.0600. The SMILES string of the molecule is COC(=O)c1cc(NC(=O)c2ccc(NS(=O)(=O)c3cccs3)cc2)ccc1Cl. The Morgan fingerprint density at radius 2 is 1.72 bits per heavy atom. The molecule has 150 valence electrons. The van der Waals surface area contributed by atoms with Gasteiger partial charge in [0.15, 0.2) is 0 Å². The third-order valence-electron chi connectivity index (χ3n) is 3.79. The van der Waals surface area contributed by atoms with Crippen LogP contribution in [0.25, 0.3) is 0 Å². The van der Waals surface area contributed by atoms with E-state index in [0.29, 0.717) is 16.9 Å². The molecule has 0 saturated heterocycles. The highest BCUT2D eigenvalue weighted by molar-refractivity contribution is 7.94. The van der Waals surface area contributed by atoms with Crippen molar-refractivity contribution >= 4 is 56.2 Å². The molecular weight excluding hydrogens is 436 g/mol. The number of amides is 1. The highest BCUT2D eigenvalue weighted by atomic mass is 35.5. The summed E-state index contributed by atoms with van der Waals surface area (Å²) >= 11 is 7.07. The van der Waals surface area contributed by atoms with E-state index in [1.54, 1.807) is 17.5 Å². The summed E-state index contributed by atoms with van der Waals surface area (Å²) in [5, 5.41) is 4.53. The molecule has 1 amide bonds. The average molecular weight is 451 g/mol. The molecule has 0 radical (unpaired) electrons. The monoisotopic (exact) mass is 450 g/mol. The van der Waals surface area contributed by atoms with E-state index in [2.05, 4.69) is 14.8 Å². The van der Waals surface area contributed by atoms with Gasteiger partial charge in [0.2, 0.25) is 0 Å². The second-order valence-electron chi connectivity index (χ2n) is 5.76. The van der Waals surface area contributed by atoms with E-state index in [1.807, 2.05) is 0 Å². The largest absolute Gasteiger partial charge is 0.465 e. The minimum Gasteiger partial charge on any atom is -0.465 e. The minimum atomic E-state index is -3.66. The number of nitrogens with one attached hydrogen (secondary N) is 2. The summed E-state index contributed by atoms with van der Waals surface area (Å²) in [6.07, 6.45) is 0. The Kier molecular flexibility index (Phi) is 6.21. The molecule has 3 rings (SSSR count). The second-order valence-corrected chi connectivity index (χ2v) is 9.02. The molecule has 0 aliphatic rings. The molecule has 2 aromatic carbocycles. The van der Waals surface area contributed by atoms with Crippen LogP contribution in [0.1, 0.15) is 20.7 Å². The number of ether oxygens (including phenoxy) is 1. The Balaban J connectivity index is 1.72. The van der Waals surface area contributed by atoms with Crippen molar-refractivity contribution in [3.8, 4) is 0 Å². The van der Waals surface area contributed by atoms with Crippen LogP contribution in [0.2, 0.25) is 5.02 Å². The minimum absolute atomic E-state index is 0.130. The standard InChI is InChI=1S/C19H15ClN2O5S2/c1-27-19(24)15-11-14(8-9-16(15)20)21-18(23)12-4-6-13(7-5-12)22-29(25,26)17-3-2-10-28-17/h2-11,22H,1H3,(H,21,23). The van der Waals surface area contributed by atoms with E-state index in [-0.39, 0.29) is 14.8 Å². The zero-order valence-corrected chi connectivity index (χ0v) is 17.4. The molecule has 2 N–H and O–H groups in total. The number of anilines is 2. The van der Waals surface area contributed by atoms with Crippen LogP contribution in [0.4, 0.5) is 11.4 Å². The maximum absolute atomic E-state index is 12.4.